The Morgan fingerprint density at radius 2 is 1.88 bits per heavy atom. The van der Waals surface area contributed by atoms with Gasteiger partial charge < -0.3 is 9.67 Å². The van der Waals surface area contributed by atoms with Gasteiger partial charge in [0.05, 0.1) is 5.56 Å². The van der Waals surface area contributed by atoms with E-state index in [1.165, 1.54) is 5.56 Å². The van der Waals surface area contributed by atoms with Crippen LogP contribution in [-0.4, -0.2) is 15.6 Å². The highest BCUT2D eigenvalue weighted by Gasteiger charge is 2.14. The van der Waals surface area contributed by atoms with Crippen molar-refractivity contribution >= 4 is 5.97 Å². The minimum atomic E-state index is -0.882. The van der Waals surface area contributed by atoms with E-state index in [1.807, 2.05) is 48.9 Å². The largest absolute Gasteiger partial charge is 0.478 e. The number of rotatable bonds is 3. The Labute approximate surface area is 100 Å². The second kappa shape index (κ2) is 4.45. The monoisotopic (exact) mass is 229 g/mol. The van der Waals surface area contributed by atoms with Crippen LogP contribution in [-0.2, 0) is 6.54 Å². The second-order valence-electron chi connectivity index (χ2n) is 4.09. The Hall–Kier alpha value is -2.03. The Bertz CT molecular complexity index is 538. The van der Waals surface area contributed by atoms with Crippen LogP contribution in [0.15, 0.2) is 36.7 Å². The molecule has 0 saturated heterocycles. The van der Waals surface area contributed by atoms with Crippen LogP contribution >= 0.6 is 0 Å². The lowest BCUT2D eigenvalue weighted by Crippen LogP contribution is -1.96. The summed E-state index contributed by atoms with van der Waals surface area (Å²) in [7, 11) is 0. The Kier molecular flexibility index (Phi) is 3.00. The zero-order chi connectivity index (χ0) is 12.4. The molecule has 17 heavy (non-hydrogen) atoms. The molecule has 88 valence electrons. The summed E-state index contributed by atoms with van der Waals surface area (Å²) in [5, 5.41) is 9.18. The predicted octanol–water partition coefficient (Wildman–Crippen LogP) is 3.18. The second-order valence-corrected chi connectivity index (χ2v) is 4.09. The van der Waals surface area contributed by atoms with Gasteiger partial charge >= 0.3 is 5.97 Å². The molecule has 0 unspecified atom stereocenters. The molecule has 1 N–H and O–H groups in total. The van der Waals surface area contributed by atoms with Crippen molar-refractivity contribution in [3.05, 3.63) is 47.8 Å². The highest BCUT2D eigenvalue weighted by atomic mass is 16.4. The Balaban J connectivity index is 2.53. The highest BCUT2D eigenvalue weighted by molar-refractivity contribution is 5.96. The van der Waals surface area contributed by atoms with Crippen molar-refractivity contribution in [2.75, 3.05) is 0 Å². The zero-order valence-electron chi connectivity index (χ0n) is 9.97. The maximum absolute atomic E-state index is 11.2. The molecule has 3 heteroatoms. The number of carbonyl (C=O) groups is 1. The maximum Gasteiger partial charge on any atom is 0.337 e. The lowest BCUT2D eigenvalue weighted by atomic mass is 10.0. The van der Waals surface area contributed by atoms with Gasteiger partial charge in [0.15, 0.2) is 0 Å². The van der Waals surface area contributed by atoms with Crippen LogP contribution in [0.5, 0.6) is 0 Å². The van der Waals surface area contributed by atoms with Crippen molar-refractivity contribution < 1.29 is 9.90 Å². The number of hydrogen-bond acceptors (Lipinski definition) is 1. The van der Waals surface area contributed by atoms with Crippen molar-refractivity contribution in [2.45, 2.75) is 20.4 Å². The van der Waals surface area contributed by atoms with Gasteiger partial charge in [-0.3, -0.25) is 0 Å². The fourth-order valence-corrected chi connectivity index (χ4v) is 1.82. The number of aromatic nitrogens is 1. The van der Waals surface area contributed by atoms with Gasteiger partial charge in [0.1, 0.15) is 0 Å². The number of hydrogen-bond donors (Lipinski definition) is 1. The first kappa shape index (κ1) is 11.5. The summed E-state index contributed by atoms with van der Waals surface area (Å²) < 4.78 is 1.89. The molecule has 2 rings (SSSR count). The summed E-state index contributed by atoms with van der Waals surface area (Å²) in [5.74, 6) is -0.882. The lowest BCUT2D eigenvalue weighted by Gasteiger charge is -2.01. The summed E-state index contributed by atoms with van der Waals surface area (Å²) in [6.07, 6.45) is 3.56. The number of aryl methyl sites for hydroxylation is 2. The summed E-state index contributed by atoms with van der Waals surface area (Å²) in [5.41, 5.74) is 3.25. The standard InChI is InChI=1S/C14H15NO2/c1-3-15-8-12(13(9-15)14(16)17)11-6-4-10(2)5-7-11/h4-9H,3H2,1-2H3,(H,16,17). The molecule has 0 saturated carbocycles. The molecule has 1 aromatic heterocycles. The normalized spacial score (nSPS) is 10.5. The SMILES string of the molecule is CCn1cc(C(=O)O)c(-c2ccc(C)cc2)c1. The maximum atomic E-state index is 11.2. The number of benzene rings is 1. The average Bonchev–Trinajstić information content (AvgIpc) is 2.74. The number of carboxylic acid groups (broad SMARTS) is 1. The topological polar surface area (TPSA) is 42.2 Å². The fourth-order valence-electron chi connectivity index (χ4n) is 1.82. The van der Waals surface area contributed by atoms with E-state index >= 15 is 0 Å². The summed E-state index contributed by atoms with van der Waals surface area (Å²) in [6.45, 7) is 4.77. The minimum absolute atomic E-state index is 0.357. The molecule has 0 bridgehead atoms. The molecule has 0 spiro atoms. The molecule has 0 amide bonds. The van der Waals surface area contributed by atoms with E-state index in [9.17, 15) is 9.90 Å². The van der Waals surface area contributed by atoms with Gasteiger partial charge in [0, 0.05) is 24.5 Å². The Morgan fingerprint density at radius 3 is 2.41 bits per heavy atom. The van der Waals surface area contributed by atoms with E-state index in [-0.39, 0.29) is 0 Å². The average molecular weight is 229 g/mol. The molecule has 2 aromatic rings. The van der Waals surface area contributed by atoms with Crippen LogP contribution in [0, 0.1) is 6.92 Å². The molecule has 0 aliphatic rings. The van der Waals surface area contributed by atoms with Gasteiger partial charge in [-0.2, -0.15) is 0 Å². The lowest BCUT2D eigenvalue weighted by molar-refractivity contribution is 0.0697. The summed E-state index contributed by atoms with van der Waals surface area (Å²) in [6, 6.07) is 7.89. The summed E-state index contributed by atoms with van der Waals surface area (Å²) in [4.78, 5) is 11.2. The van der Waals surface area contributed by atoms with E-state index in [2.05, 4.69) is 0 Å². The fraction of sp³-hybridized carbons (Fsp3) is 0.214. The molecular formula is C14H15NO2. The van der Waals surface area contributed by atoms with Crippen molar-refractivity contribution in [3.8, 4) is 11.1 Å². The first-order chi connectivity index (χ1) is 8.11. The van der Waals surface area contributed by atoms with Crippen molar-refractivity contribution in [1.29, 1.82) is 0 Å². The smallest absolute Gasteiger partial charge is 0.337 e. The van der Waals surface area contributed by atoms with Gasteiger partial charge in [-0.05, 0) is 19.4 Å². The molecule has 0 aliphatic carbocycles. The molecule has 0 fully saturated rings. The van der Waals surface area contributed by atoms with E-state index in [1.54, 1.807) is 6.20 Å². The molecular weight excluding hydrogens is 214 g/mol. The third-order valence-electron chi connectivity index (χ3n) is 2.84. The Morgan fingerprint density at radius 1 is 1.24 bits per heavy atom. The van der Waals surface area contributed by atoms with Crippen LogP contribution in [0.3, 0.4) is 0 Å². The van der Waals surface area contributed by atoms with E-state index in [0.29, 0.717) is 5.56 Å². The van der Waals surface area contributed by atoms with Gasteiger partial charge in [0.25, 0.3) is 0 Å². The number of nitrogens with zero attached hydrogens (tertiary/aromatic N) is 1. The van der Waals surface area contributed by atoms with Crippen LogP contribution < -0.4 is 0 Å². The van der Waals surface area contributed by atoms with Gasteiger partial charge in [-0.25, -0.2) is 4.79 Å². The molecule has 1 aromatic carbocycles. The molecule has 3 nitrogen and oxygen atoms in total. The summed E-state index contributed by atoms with van der Waals surface area (Å²) >= 11 is 0. The molecule has 0 atom stereocenters. The highest BCUT2D eigenvalue weighted by Crippen LogP contribution is 2.25. The minimum Gasteiger partial charge on any atom is -0.478 e. The van der Waals surface area contributed by atoms with Crippen LogP contribution in [0.25, 0.3) is 11.1 Å². The number of aromatic carboxylic acids is 1. The van der Waals surface area contributed by atoms with Gasteiger partial charge in [-0.15, -0.1) is 0 Å². The van der Waals surface area contributed by atoms with Crippen LogP contribution in [0.1, 0.15) is 22.8 Å². The van der Waals surface area contributed by atoms with Crippen LogP contribution in [0.4, 0.5) is 0 Å². The van der Waals surface area contributed by atoms with E-state index in [0.717, 1.165) is 17.7 Å². The molecule has 0 radical (unpaired) electrons. The van der Waals surface area contributed by atoms with E-state index in [4.69, 9.17) is 0 Å². The molecule has 1 heterocycles. The van der Waals surface area contributed by atoms with Gasteiger partial charge in [0.2, 0.25) is 0 Å². The predicted molar refractivity (Wildman–Crippen MR) is 67.2 cm³/mol. The molecule has 0 aliphatic heterocycles. The number of carboxylic acids is 1. The first-order valence-electron chi connectivity index (χ1n) is 5.62. The van der Waals surface area contributed by atoms with Crippen molar-refractivity contribution in [3.63, 3.8) is 0 Å². The van der Waals surface area contributed by atoms with Gasteiger partial charge in [-0.1, -0.05) is 29.8 Å². The quantitative estimate of drug-likeness (QED) is 0.878. The van der Waals surface area contributed by atoms with Crippen molar-refractivity contribution in [1.82, 2.24) is 4.57 Å². The third kappa shape index (κ3) is 2.23. The first-order valence-corrected chi connectivity index (χ1v) is 5.62. The van der Waals surface area contributed by atoms with E-state index < -0.39 is 5.97 Å². The van der Waals surface area contributed by atoms with Crippen molar-refractivity contribution in [2.24, 2.45) is 0 Å². The third-order valence-corrected chi connectivity index (χ3v) is 2.84. The van der Waals surface area contributed by atoms with Crippen LogP contribution in [0.2, 0.25) is 0 Å². The zero-order valence-corrected chi connectivity index (χ0v) is 9.97.